The van der Waals surface area contributed by atoms with Crippen LogP contribution in [0.15, 0.2) is 30.3 Å². The fraction of sp³-hybridized carbons (Fsp3) is 0.375. The summed E-state index contributed by atoms with van der Waals surface area (Å²) in [5.74, 6) is -0.144. The molecule has 5 nitrogen and oxygen atoms in total. The number of benzene rings is 1. The van der Waals surface area contributed by atoms with Crippen LogP contribution in [0.3, 0.4) is 0 Å². The van der Waals surface area contributed by atoms with Crippen LogP contribution >= 0.6 is 11.6 Å². The maximum absolute atomic E-state index is 12.1. The van der Waals surface area contributed by atoms with Crippen molar-refractivity contribution in [3.8, 4) is 11.3 Å². The second-order valence-corrected chi connectivity index (χ2v) is 6.02. The van der Waals surface area contributed by atoms with Gasteiger partial charge in [0.05, 0.1) is 10.7 Å². The lowest BCUT2D eigenvalue weighted by Gasteiger charge is -2.15. The Kier molecular flexibility index (Phi) is 4.45. The highest BCUT2D eigenvalue weighted by Crippen LogP contribution is 2.26. The Morgan fingerprint density at radius 3 is 2.95 bits per heavy atom. The Balaban J connectivity index is 1.58. The number of aromatic nitrogens is 2. The largest absolute Gasteiger partial charge is 0.349 e. The van der Waals surface area contributed by atoms with Crippen molar-refractivity contribution < 1.29 is 4.79 Å². The summed E-state index contributed by atoms with van der Waals surface area (Å²) < 4.78 is 0. The van der Waals surface area contributed by atoms with Gasteiger partial charge in [0.1, 0.15) is 5.69 Å². The Morgan fingerprint density at radius 2 is 2.23 bits per heavy atom. The maximum Gasteiger partial charge on any atom is 0.269 e. The van der Waals surface area contributed by atoms with Crippen LogP contribution in [0.2, 0.25) is 5.02 Å². The first-order valence-corrected chi connectivity index (χ1v) is 7.81. The van der Waals surface area contributed by atoms with E-state index >= 15 is 0 Å². The van der Waals surface area contributed by atoms with Gasteiger partial charge in [0.2, 0.25) is 0 Å². The van der Waals surface area contributed by atoms with Crippen molar-refractivity contribution in [1.29, 1.82) is 0 Å². The Bertz CT molecular complexity index is 666. The molecule has 0 bridgehead atoms. The lowest BCUT2D eigenvalue weighted by atomic mass is 10.1. The molecule has 0 unspecified atom stereocenters. The summed E-state index contributed by atoms with van der Waals surface area (Å²) in [6.07, 6.45) is 2.54. The van der Waals surface area contributed by atoms with Gasteiger partial charge in [-0.2, -0.15) is 5.10 Å². The highest BCUT2D eigenvalue weighted by Gasteiger charge is 2.25. The number of carbonyl (C=O) groups is 1. The van der Waals surface area contributed by atoms with E-state index < -0.39 is 0 Å². The second-order valence-electron chi connectivity index (χ2n) is 5.61. The topological polar surface area (TPSA) is 61.0 Å². The third-order valence-corrected chi connectivity index (χ3v) is 4.22. The van der Waals surface area contributed by atoms with Crippen LogP contribution in [-0.2, 0) is 0 Å². The monoisotopic (exact) mass is 318 g/mol. The highest BCUT2D eigenvalue weighted by atomic mass is 35.5. The molecule has 0 spiro atoms. The van der Waals surface area contributed by atoms with Gasteiger partial charge in [0, 0.05) is 24.7 Å². The van der Waals surface area contributed by atoms with E-state index in [2.05, 4.69) is 27.5 Å². The molecule has 1 aromatic carbocycles. The molecule has 0 atom stereocenters. The molecule has 2 N–H and O–H groups in total. The molecule has 1 heterocycles. The van der Waals surface area contributed by atoms with Crippen molar-refractivity contribution in [2.24, 2.45) is 0 Å². The smallest absolute Gasteiger partial charge is 0.269 e. The van der Waals surface area contributed by atoms with Crippen LogP contribution in [0.5, 0.6) is 0 Å². The zero-order valence-electron chi connectivity index (χ0n) is 12.5. The van der Waals surface area contributed by atoms with Crippen LogP contribution in [0.1, 0.15) is 23.3 Å². The number of rotatable bonds is 6. The molecule has 1 amide bonds. The number of H-pyrrole nitrogens is 1. The summed E-state index contributed by atoms with van der Waals surface area (Å²) in [6, 6.07) is 9.87. The van der Waals surface area contributed by atoms with Crippen molar-refractivity contribution >= 4 is 17.5 Å². The first kappa shape index (κ1) is 15.1. The summed E-state index contributed by atoms with van der Waals surface area (Å²) in [5, 5.41) is 10.5. The maximum atomic E-state index is 12.1. The molecule has 1 saturated carbocycles. The summed E-state index contributed by atoms with van der Waals surface area (Å²) in [4.78, 5) is 14.4. The first-order valence-electron chi connectivity index (χ1n) is 7.44. The number of nitrogens with zero attached hydrogens (tertiary/aromatic N) is 2. The Labute approximate surface area is 134 Å². The molecule has 1 aliphatic carbocycles. The van der Waals surface area contributed by atoms with E-state index in [0.29, 0.717) is 29.0 Å². The highest BCUT2D eigenvalue weighted by molar-refractivity contribution is 6.33. The minimum atomic E-state index is -0.144. The number of hydrogen-bond acceptors (Lipinski definition) is 3. The van der Waals surface area contributed by atoms with E-state index in [1.807, 2.05) is 18.2 Å². The predicted octanol–water partition coefficient (Wildman–Crippen LogP) is 2.55. The number of amides is 1. The third kappa shape index (κ3) is 3.48. The van der Waals surface area contributed by atoms with Gasteiger partial charge < -0.3 is 10.2 Å². The third-order valence-electron chi connectivity index (χ3n) is 3.89. The van der Waals surface area contributed by atoms with Gasteiger partial charge in [-0.3, -0.25) is 9.89 Å². The van der Waals surface area contributed by atoms with Crippen molar-refractivity contribution in [2.75, 3.05) is 20.1 Å². The molecular formula is C16H19ClN4O. The summed E-state index contributed by atoms with van der Waals surface area (Å²) in [6.45, 7) is 1.49. The molecule has 116 valence electrons. The number of hydrogen-bond donors (Lipinski definition) is 2. The van der Waals surface area contributed by atoms with E-state index in [1.165, 1.54) is 12.8 Å². The number of likely N-dealkylation sites (N-methyl/N-ethyl adjacent to an activating group) is 1. The average Bonchev–Trinajstić information content (AvgIpc) is 3.25. The van der Waals surface area contributed by atoms with Crippen LogP contribution in [0, 0.1) is 0 Å². The fourth-order valence-electron chi connectivity index (χ4n) is 2.38. The van der Waals surface area contributed by atoms with Gasteiger partial charge in [-0.1, -0.05) is 29.8 Å². The molecule has 1 fully saturated rings. The van der Waals surface area contributed by atoms with Crippen LogP contribution in [-0.4, -0.2) is 47.2 Å². The van der Waals surface area contributed by atoms with Crippen LogP contribution in [0.25, 0.3) is 11.3 Å². The zero-order chi connectivity index (χ0) is 15.5. The van der Waals surface area contributed by atoms with Crippen molar-refractivity contribution in [1.82, 2.24) is 20.4 Å². The lowest BCUT2D eigenvalue weighted by Crippen LogP contribution is -2.34. The van der Waals surface area contributed by atoms with Crippen LogP contribution in [0.4, 0.5) is 0 Å². The van der Waals surface area contributed by atoms with Crippen molar-refractivity contribution in [3.63, 3.8) is 0 Å². The lowest BCUT2D eigenvalue weighted by molar-refractivity contribution is 0.0944. The summed E-state index contributed by atoms with van der Waals surface area (Å²) in [5.41, 5.74) is 1.93. The molecule has 3 rings (SSSR count). The molecule has 0 aliphatic heterocycles. The molecule has 1 aromatic heterocycles. The van der Waals surface area contributed by atoms with E-state index in [1.54, 1.807) is 12.1 Å². The standard InChI is InChI=1S/C16H19ClN4O/c1-21(11-6-7-11)9-8-18-16(22)15-10-14(19-20-15)12-4-2-3-5-13(12)17/h2-5,10-11H,6-9H2,1H3,(H,18,22)(H,19,20). The Hall–Kier alpha value is -1.85. The summed E-state index contributed by atoms with van der Waals surface area (Å²) in [7, 11) is 2.09. The van der Waals surface area contributed by atoms with Gasteiger partial charge in [-0.15, -0.1) is 0 Å². The van der Waals surface area contributed by atoms with E-state index in [4.69, 9.17) is 11.6 Å². The van der Waals surface area contributed by atoms with Gasteiger partial charge in [0.15, 0.2) is 0 Å². The van der Waals surface area contributed by atoms with Gasteiger partial charge in [-0.25, -0.2) is 0 Å². The molecule has 6 heteroatoms. The van der Waals surface area contributed by atoms with Crippen molar-refractivity contribution in [3.05, 3.63) is 41.0 Å². The van der Waals surface area contributed by atoms with Crippen molar-refractivity contribution in [2.45, 2.75) is 18.9 Å². The van der Waals surface area contributed by atoms with E-state index in [-0.39, 0.29) is 5.91 Å². The number of halogens is 1. The zero-order valence-corrected chi connectivity index (χ0v) is 13.2. The summed E-state index contributed by atoms with van der Waals surface area (Å²) >= 11 is 6.14. The quantitative estimate of drug-likeness (QED) is 0.860. The average molecular weight is 319 g/mol. The van der Waals surface area contributed by atoms with Gasteiger partial charge in [-0.05, 0) is 32.0 Å². The second kappa shape index (κ2) is 6.50. The number of carbonyl (C=O) groups excluding carboxylic acids is 1. The van der Waals surface area contributed by atoms with E-state index in [0.717, 1.165) is 12.1 Å². The molecular weight excluding hydrogens is 300 g/mol. The molecule has 1 aliphatic rings. The minimum Gasteiger partial charge on any atom is -0.349 e. The normalized spacial score (nSPS) is 14.3. The Morgan fingerprint density at radius 1 is 1.45 bits per heavy atom. The SMILES string of the molecule is CN(CCNC(=O)c1cc(-c2ccccc2Cl)n[nH]1)C1CC1. The molecule has 0 saturated heterocycles. The molecule has 22 heavy (non-hydrogen) atoms. The van der Waals surface area contributed by atoms with Crippen LogP contribution < -0.4 is 5.32 Å². The van der Waals surface area contributed by atoms with Gasteiger partial charge >= 0.3 is 0 Å². The van der Waals surface area contributed by atoms with Gasteiger partial charge in [0.25, 0.3) is 5.91 Å². The predicted molar refractivity (Wildman–Crippen MR) is 87.0 cm³/mol. The molecule has 2 aromatic rings. The first-order chi connectivity index (χ1) is 10.6. The molecule has 0 radical (unpaired) electrons. The fourth-order valence-corrected chi connectivity index (χ4v) is 2.62. The number of aromatic amines is 1. The van der Waals surface area contributed by atoms with E-state index in [9.17, 15) is 4.79 Å². The number of nitrogens with one attached hydrogen (secondary N) is 2. The minimum absolute atomic E-state index is 0.144.